The summed E-state index contributed by atoms with van der Waals surface area (Å²) in [6.45, 7) is 0.582. The lowest BCUT2D eigenvalue weighted by molar-refractivity contribution is 0.609. The number of rotatable bonds is 2. The van der Waals surface area contributed by atoms with Crippen molar-refractivity contribution in [1.82, 2.24) is 9.88 Å². The van der Waals surface area contributed by atoms with Crippen LogP contribution in [0.15, 0.2) is 35.3 Å². The standard InChI is InChI=1S/C12H16N4/c1-16(2)12(13)14-8-10-7-9-5-3-4-6-11(9)15-10/h3-7,15H,8H2,1-2H3,(H2,13,14). The molecule has 1 aromatic heterocycles. The summed E-state index contributed by atoms with van der Waals surface area (Å²) in [4.78, 5) is 9.38. The molecule has 0 radical (unpaired) electrons. The van der Waals surface area contributed by atoms with E-state index in [1.54, 1.807) is 4.90 Å². The summed E-state index contributed by atoms with van der Waals surface area (Å²) in [5.74, 6) is 0.540. The first-order valence-electron chi connectivity index (χ1n) is 5.20. The minimum atomic E-state index is 0.540. The Balaban J connectivity index is 2.19. The molecule has 4 nitrogen and oxygen atoms in total. The Kier molecular flexibility index (Phi) is 2.81. The largest absolute Gasteiger partial charge is 0.370 e. The van der Waals surface area contributed by atoms with Crippen LogP contribution in [0.5, 0.6) is 0 Å². The number of nitrogens with two attached hydrogens (primary N) is 1. The Morgan fingerprint density at radius 3 is 2.81 bits per heavy atom. The van der Waals surface area contributed by atoms with Crippen LogP contribution in [0.3, 0.4) is 0 Å². The molecule has 0 bridgehead atoms. The van der Waals surface area contributed by atoms with Crippen molar-refractivity contribution >= 4 is 16.9 Å². The molecule has 0 aliphatic carbocycles. The monoisotopic (exact) mass is 216 g/mol. The number of nitrogens with zero attached hydrogens (tertiary/aromatic N) is 2. The van der Waals surface area contributed by atoms with E-state index >= 15 is 0 Å². The Bertz CT molecular complexity index is 477. The molecule has 84 valence electrons. The zero-order valence-electron chi connectivity index (χ0n) is 9.57. The van der Waals surface area contributed by atoms with Gasteiger partial charge in [-0.25, -0.2) is 4.99 Å². The van der Waals surface area contributed by atoms with Crippen molar-refractivity contribution in [1.29, 1.82) is 0 Å². The van der Waals surface area contributed by atoms with Crippen LogP contribution in [0.1, 0.15) is 5.69 Å². The van der Waals surface area contributed by atoms with Gasteiger partial charge in [-0.2, -0.15) is 0 Å². The molecule has 16 heavy (non-hydrogen) atoms. The highest BCUT2D eigenvalue weighted by Gasteiger charge is 1.99. The van der Waals surface area contributed by atoms with E-state index in [-0.39, 0.29) is 0 Å². The number of para-hydroxylation sites is 1. The molecule has 0 saturated carbocycles. The van der Waals surface area contributed by atoms with E-state index in [0.29, 0.717) is 12.5 Å². The van der Waals surface area contributed by atoms with Crippen molar-refractivity contribution in [3.8, 4) is 0 Å². The normalized spacial score (nSPS) is 12.0. The predicted octanol–water partition coefficient (Wildman–Crippen LogP) is 1.54. The minimum absolute atomic E-state index is 0.540. The second-order valence-corrected chi connectivity index (χ2v) is 3.95. The summed E-state index contributed by atoms with van der Waals surface area (Å²) in [6.07, 6.45) is 0. The average molecular weight is 216 g/mol. The molecule has 0 fully saturated rings. The summed E-state index contributed by atoms with van der Waals surface area (Å²) in [5.41, 5.74) is 7.93. The van der Waals surface area contributed by atoms with E-state index < -0.39 is 0 Å². The number of aromatic nitrogens is 1. The van der Waals surface area contributed by atoms with Gasteiger partial charge in [0.1, 0.15) is 0 Å². The molecule has 0 aliphatic heterocycles. The molecule has 0 amide bonds. The lowest BCUT2D eigenvalue weighted by Crippen LogP contribution is -2.30. The van der Waals surface area contributed by atoms with E-state index in [1.807, 2.05) is 26.2 Å². The third-order valence-corrected chi connectivity index (χ3v) is 2.46. The van der Waals surface area contributed by atoms with Crippen molar-refractivity contribution < 1.29 is 0 Å². The van der Waals surface area contributed by atoms with Crippen LogP contribution in [-0.4, -0.2) is 29.9 Å². The van der Waals surface area contributed by atoms with Crippen LogP contribution >= 0.6 is 0 Å². The highest BCUT2D eigenvalue weighted by Crippen LogP contribution is 2.14. The Labute approximate surface area is 94.8 Å². The van der Waals surface area contributed by atoms with Gasteiger partial charge in [0, 0.05) is 25.3 Å². The predicted molar refractivity (Wildman–Crippen MR) is 67.3 cm³/mol. The van der Waals surface area contributed by atoms with E-state index in [2.05, 4.69) is 28.2 Å². The third kappa shape index (κ3) is 2.16. The van der Waals surface area contributed by atoms with Crippen molar-refractivity contribution in [3.05, 3.63) is 36.0 Å². The molecule has 2 aromatic rings. The van der Waals surface area contributed by atoms with Crippen molar-refractivity contribution in [3.63, 3.8) is 0 Å². The van der Waals surface area contributed by atoms with Crippen molar-refractivity contribution in [2.45, 2.75) is 6.54 Å². The van der Waals surface area contributed by atoms with Crippen LogP contribution < -0.4 is 5.73 Å². The second-order valence-electron chi connectivity index (χ2n) is 3.95. The fraction of sp³-hybridized carbons (Fsp3) is 0.250. The van der Waals surface area contributed by atoms with Gasteiger partial charge in [0.2, 0.25) is 0 Å². The number of H-pyrrole nitrogens is 1. The fourth-order valence-corrected chi connectivity index (χ4v) is 1.53. The summed E-state index contributed by atoms with van der Waals surface area (Å²) in [5, 5.41) is 1.20. The molecule has 0 spiro atoms. The van der Waals surface area contributed by atoms with Crippen LogP contribution in [0.2, 0.25) is 0 Å². The molecular formula is C12H16N4. The van der Waals surface area contributed by atoms with Crippen molar-refractivity contribution in [2.24, 2.45) is 10.7 Å². The summed E-state index contributed by atoms with van der Waals surface area (Å²) < 4.78 is 0. The Hall–Kier alpha value is -1.97. The maximum Gasteiger partial charge on any atom is 0.191 e. The number of guanidine groups is 1. The smallest absolute Gasteiger partial charge is 0.191 e. The number of hydrogen-bond acceptors (Lipinski definition) is 1. The molecular weight excluding hydrogens is 200 g/mol. The van der Waals surface area contributed by atoms with Crippen LogP contribution in [0.4, 0.5) is 0 Å². The van der Waals surface area contributed by atoms with Gasteiger partial charge < -0.3 is 15.6 Å². The number of hydrogen-bond donors (Lipinski definition) is 2. The van der Waals surface area contributed by atoms with Gasteiger partial charge in [-0.3, -0.25) is 0 Å². The quantitative estimate of drug-likeness (QED) is 0.591. The van der Waals surface area contributed by atoms with Gasteiger partial charge in [-0.1, -0.05) is 18.2 Å². The van der Waals surface area contributed by atoms with Gasteiger partial charge in [0.05, 0.1) is 6.54 Å². The molecule has 1 heterocycles. The maximum atomic E-state index is 5.72. The van der Waals surface area contributed by atoms with Crippen LogP contribution in [0, 0.1) is 0 Å². The van der Waals surface area contributed by atoms with E-state index in [0.717, 1.165) is 11.2 Å². The van der Waals surface area contributed by atoms with Gasteiger partial charge in [0.15, 0.2) is 5.96 Å². The zero-order valence-corrected chi connectivity index (χ0v) is 9.57. The van der Waals surface area contributed by atoms with E-state index in [9.17, 15) is 0 Å². The van der Waals surface area contributed by atoms with Crippen LogP contribution in [-0.2, 0) is 6.54 Å². The average Bonchev–Trinajstić information content (AvgIpc) is 2.68. The highest BCUT2D eigenvalue weighted by molar-refractivity contribution is 5.80. The van der Waals surface area contributed by atoms with Gasteiger partial charge in [0.25, 0.3) is 0 Å². The number of aliphatic imine (C=N–C) groups is 1. The topological polar surface area (TPSA) is 57.4 Å². The van der Waals surface area contributed by atoms with Crippen molar-refractivity contribution in [2.75, 3.05) is 14.1 Å². The summed E-state index contributed by atoms with van der Waals surface area (Å²) in [7, 11) is 3.76. The molecule has 2 rings (SSSR count). The molecule has 4 heteroatoms. The number of aromatic amines is 1. The second kappa shape index (κ2) is 4.26. The Morgan fingerprint density at radius 2 is 2.12 bits per heavy atom. The molecule has 0 saturated heterocycles. The first-order chi connectivity index (χ1) is 7.66. The zero-order chi connectivity index (χ0) is 11.5. The number of benzene rings is 1. The van der Waals surface area contributed by atoms with E-state index in [1.165, 1.54) is 5.39 Å². The van der Waals surface area contributed by atoms with E-state index in [4.69, 9.17) is 5.73 Å². The number of nitrogens with one attached hydrogen (secondary N) is 1. The molecule has 0 aliphatic rings. The highest BCUT2D eigenvalue weighted by atomic mass is 15.2. The molecule has 0 atom stereocenters. The lowest BCUT2D eigenvalue weighted by atomic mass is 10.2. The minimum Gasteiger partial charge on any atom is -0.370 e. The first-order valence-corrected chi connectivity index (χ1v) is 5.20. The molecule has 1 aromatic carbocycles. The molecule has 3 N–H and O–H groups in total. The van der Waals surface area contributed by atoms with Crippen LogP contribution in [0.25, 0.3) is 10.9 Å². The summed E-state index contributed by atoms with van der Waals surface area (Å²) in [6, 6.07) is 10.3. The third-order valence-electron chi connectivity index (χ3n) is 2.46. The van der Waals surface area contributed by atoms with Gasteiger partial charge >= 0.3 is 0 Å². The number of fused-ring (bicyclic) bond motifs is 1. The Morgan fingerprint density at radius 1 is 1.38 bits per heavy atom. The maximum absolute atomic E-state index is 5.72. The lowest BCUT2D eigenvalue weighted by Gasteiger charge is -2.09. The fourth-order valence-electron chi connectivity index (χ4n) is 1.53. The summed E-state index contributed by atoms with van der Waals surface area (Å²) >= 11 is 0. The van der Waals surface area contributed by atoms with Gasteiger partial charge in [-0.15, -0.1) is 0 Å². The molecule has 0 unspecified atom stereocenters. The first kappa shape index (κ1) is 10.5. The van der Waals surface area contributed by atoms with Gasteiger partial charge in [-0.05, 0) is 17.5 Å². The SMILES string of the molecule is CN(C)C(N)=NCc1cc2ccccc2[nH]1.